The molecule has 0 spiro atoms. The first kappa shape index (κ1) is 14.8. The van der Waals surface area contributed by atoms with Crippen LogP contribution in [0.3, 0.4) is 0 Å². The van der Waals surface area contributed by atoms with E-state index in [-0.39, 0.29) is 23.2 Å². The van der Waals surface area contributed by atoms with Crippen LogP contribution in [0.25, 0.3) is 0 Å². The van der Waals surface area contributed by atoms with Gasteiger partial charge in [-0.05, 0) is 37.1 Å². The Morgan fingerprint density at radius 1 is 1.33 bits per heavy atom. The highest BCUT2D eigenvalue weighted by molar-refractivity contribution is 6.47. The van der Waals surface area contributed by atoms with Crippen molar-refractivity contribution in [3.8, 4) is 11.8 Å². The van der Waals surface area contributed by atoms with Crippen LogP contribution in [0, 0.1) is 17.2 Å². The molecule has 1 aliphatic rings. The van der Waals surface area contributed by atoms with Crippen molar-refractivity contribution in [1.82, 2.24) is 0 Å². The first-order valence-corrected chi connectivity index (χ1v) is 6.03. The first-order chi connectivity index (χ1) is 9.89. The molecule has 0 saturated heterocycles. The van der Waals surface area contributed by atoms with Crippen molar-refractivity contribution in [2.75, 3.05) is 5.43 Å². The number of Topliss-reactive ketones (excluding diaryl/α,β-unsaturated/α-hetero) is 1. The number of benzene rings is 1. The van der Waals surface area contributed by atoms with Gasteiger partial charge in [0.2, 0.25) is 5.71 Å². The molecule has 8 heteroatoms. The molecule has 21 heavy (non-hydrogen) atoms. The third-order valence-corrected chi connectivity index (χ3v) is 2.67. The normalized spacial score (nSPS) is 15.2. The predicted molar refractivity (Wildman–Crippen MR) is 67.5 cm³/mol. The van der Waals surface area contributed by atoms with E-state index < -0.39 is 6.36 Å². The van der Waals surface area contributed by atoms with Crippen molar-refractivity contribution >= 4 is 17.2 Å². The highest BCUT2D eigenvalue weighted by Crippen LogP contribution is 2.30. The van der Waals surface area contributed by atoms with Crippen LogP contribution in [0.1, 0.15) is 12.8 Å². The molecule has 2 rings (SSSR count). The molecule has 0 atom stereocenters. The molecule has 0 heterocycles. The number of rotatable bonds is 5. The van der Waals surface area contributed by atoms with E-state index in [0.717, 1.165) is 25.0 Å². The molecule has 0 aromatic heterocycles. The average Bonchev–Trinajstić information content (AvgIpc) is 3.23. The number of ketones is 1. The van der Waals surface area contributed by atoms with Gasteiger partial charge < -0.3 is 4.74 Å². The summed E-state index contributed by atoms with van der Waals surface area (Å²) in [5, 5.41) is 12.5. The minimum atomic E-state index is -4.75. The summed E-state index contributed by atoms with van der Waals surface area (Å²) in [6.07, 6.45) is -3.25. The zero-order valence-electron chi connectivity index (χ0n) is 10.6. The van der Waals surface area contributed by atoms with Gasteiger partial charge in [-0.15, -0.1) is 13.2 Å². The Bertz CT molecular complexity index is 599. The lowest BCUT2D eigenvalue weighted by Gasteiger charge is -2.09. The van der Waals surface area contributed by atoms with Gasteiger partial charge in [-0.1, -0.05) is 0 Å². The molecule has 1 saturated carbocycles. The molecular formula is C13H10F3N3O2. The van der Waals surface area contributed by atoms with Crippen molar-refractivity contribution in [1.29, 1.82) is 5.26 Å². The fraction of sp³-hybridized carbons (Fsp3) is 0.308. The van der Waals surface area contributed by atoms with Gasteiger partial charge in [0.1, 0.15) is 11.8 Å². The molecular weight excluding hydrogens is 287 g/mol. The van der Waals surface area contributed by atoms with Gasteiger partial charge in [0.05, 0.1) is 5.69 Å². The topological polar surface area (TPSA) is 74.5 Å². The highest BCUT2D eigenvalue weighted by Gasteiger charge is 2.33. The molecule has 1 fully saturated rings. The van der Waals surface area contributed by atoms with Gasteiger partial charge in [-0.3, -0.25) is 10.2 Å². The number of halogens is 3. The van der Waals surface area contributed by atoms with E-state index in [2.05, 4.69) is 15.3 Å². The number of nitrogens with one attached hydrogen (secondary N) is 1. The number of alkyl halides is 3. The highest BCUT2D eigenvalue weighted by atomic mass is 19.4. The van der Waals surface area contributed by atoms with Gasteiger partial charge in [0.25, 0.3) is 0 Å². The molecule has 0 unspecified atom stereocenters. The monoisotopic (exact) mass is 297 g/mol. The number of nitrogens with zero attached hydrogens (tertiary/aromatic N) is 2. The van der Waals surface area contributed by atoms with E-state index in [4.69, 9.17) is 5.26 Å². The van der Waals surface area contributed by atoms with Crippen LogP contribution in [0.15, 0.2) is 29.4 Å². The maximum atomic E-state index is 12.0. The molecule has 0 amide bonds. The summed E-state index contributed by atoms with van der Waals surface area (Å²) in [5.41, 5.74) is 2.55. The smallest absolute Gasteiger partial charge is 0.406 e. The summed E-state index contributed by atoms with van der Waals surface area (Å²) in [4.78, 5) is 11.6. The number of hydrazone groups is 1. The number of ether oxygens (including phenoxy) is 1. The molecule has 5 nitrogen and oxygen atoms in total. The second-order valence-electron chi connectivity index (χ2n) is 4.39. The minimum absolute atomic E-state index is 0.132. The largest absolute Gasteiger partial charge is 0.573 e. The number of hydrogen-bond donors (Lipinski definition) is 1. The molecule has 110 valence electrons. The summed E-state index contributed by atoms with van der Waals surface area (Å²) >= 11 is 0. The van der Waals surface area contributed by atoms with Gasteiger partial charge in [-0.2, -0.15) is 10.4 Å². The lowest BCUT2D eigenvalue weighted by Crippen LogP contribution is -2.17. The SMILES string of the molecule is N#C/C(=N\Nc1ccc(OC(F)(F)F)cc1)C(=O)C1CC1. The third-order valence-electron chi connectivity index (χ3n) is 2.67. The van der Waals surface area contributed by atoms with Crippen molar-refractivity contribution in [3.05, 3.63) is 24.3 Å². The standard InChI is InChI=1S/C13H10F3N3O2/c14-13(15,16)21-10-5-3-9(4-6-10)18-19-11(7-17)12(20)8-1-2-8/h3-6,8,18H,1-2H2/b19-11+. The van der Waals surface area contributed by atoms with Crippen LogP contribution in [0.5, 0.6) is 5.75 Å². The van der Waals surface area contributed by atoms with Gasteiger partial charge in [0, 0.05) is 5.92 Å². The number of carbonyl (C=O) groups is 1. The number of hydrogen-bond acceptors (Lipinski definition) is 5. The van der Waals surface area contributed by atoms with Gasteiger partial charge >= 0.3 is 6.36 Å². The molecule has 0 bridgehead atoms. The molecule has 0 radical (unpaired) electrons. The second kappa shape index (κ2) is 5.83. The molecule has 1 aromatic rings. The molecule has 1 aliphatic carbocycles. The van der Waals surface area contributed by atoms with Crippen LogP contribution < -0.4 is 10.2 Å². The van der Waals surface area contributed by atoms with Crippen molar-refractivity contribution in [3.63, 3.8) is 0 Å². The Hall–Kier alpha value is -2.56. The Morgan fingerprint density at radius 3 is 2.43 bits per heavy atom. The number of carbonyl (C=O) groups excluding carboxylic acids is 1. The Kier molecular flexibility index (Phi) is 4.12. The summed E-state index contributed by atoms with van der Waals surface area (Å²) < 4.78 is 39.6. The van der Waals surface area contributed by atoms with E-state index in [1.54, 1.807) is 6.07 Å². The summed E-state index contributed by atoms with van der Waals surface area (Å²) in [5.74, 6) is -0.818. The lowest BCUT2D eigenvalue weighted by molar-refractivity contribution is -0.274. The predicted octanol–water partition coefficient (Wildman–Crippen LogP) is 2.86. The van der Waals surface area contributed by atoms with Crippen molar-refractivity contribution < 1.29 is 22.7 Å². The zero-order chi connectivity index (χ0) is 15.5. The minimum Gasteiger partial charge on any atom is -0.406 e. The van der Waals surface area contributed by atoms with Gasteiger partial charge in [-0.25, -0.2) is 0 Å². The molecule has 1 N–H and O–H groups in total. The fourth-order valence-corrected chi connectivity index (χ4v) is 1.53. The fourth-order valence-electron chi connectivity index (χ4n) is 1.53. The zero-order valence-corrected chi connectivity index (χ0v) is 10.6. The molecule has 1 aromatic carbocycles. The van der Waals surface area contributed by atoms with Crippen LogP contribution in [-0.2, 0) is 4.79 Å². The quantitative estimate of drug-likeness (QED) is 0.670. The second-order valence-corrected chi connectivity index (χ2v) is 4.39. The van der Waals surface area contributed by atoms with Crippen LogP contribution in [0.2, 0.25) is 0 Å². The van der Waals surface area contributed by atoms with Gasteiger partial charge in [0.15, 0.2) is 5.78 Å². The average molecular weight is 297 g/mol. The number of nitriles is 1. The van der Waals surface area contributed by atoms with E-state index in [9.17, 15) is 18.0 Å². The summed E-state index contributed by atoms with van der Waals surface area (Å²) in [7, 11) is 0. The molecule has 0 aliphatic heterocycles. The number of anilines is 1. The van der Waals surface area contributed by atoms with E-state index in [1.807, 2.05) is 0 Å². The summed E-state index contributed by atoms with van der Waals surface area (Å²) in [6.45, 7) is 0. The van der Waals surface area contributed by atoms with E-state index >= 15 is 0 Å². The van der Waals surface area contributed by atoms with Crippen molar-refractivity contribution in [2.24, 2.45) is 11.0 Å². The van der Waals surface area contributed by atoms with Crippen LogP contribution in [-0.4, -0.2) is 17.9 Å². The van der Waals surface area contributed by atoms with Crippen LogP contribution >= 0.6 is 0 Å². The summed E-state index contributed by atoms with van der Waals surface area (Å²) in [6, 6.07) is 6.48. The third kappa shape index (κ3) is 4.49. The van der Waals surface area contributed by atoms with E-state index in [1.165, 1.54) is 12.1 Å². The van der Waals surface area contributed by atoms with Crippen LogP contribution in [0.4, 0.5) is 18.9 Å². The maximum absolute atomic E-state index is 12.0. The van der Waals surface area contributed by atoms with Crippen molar-refractivity contribution in [2.45, 2.75) is 19.2 Å². The Labute approximate surface area is 118 Å². The Morgan fingerprint density at radius 2 is 1.95 bits per heavy atom. The first-order valence-electron chi connectivity index (χ1n) is 6.03. The lowest BCUT2D eigenvalue weighted by atomic mass is 10.2. The van der Waals surface area contributed by atoms with E-state index in [0.29, 0.717) is 5.69 Å². The maximum Gasteiger partial charge on any atom is 0.573 e. The Balaban J connectivity index is 1.99.